The van der Waals surface area contributed by atoms with Crippen LogP contribution in [0.5, 0.6) is 0 Å². The van der Waals surface area contributed by atoms with Gasteiger partial charge in [0.1, 0.15) is 16.3 Å². The number of benzene rings is 1. The van der Waals surface area contributed by atoms with Gasteiger partial charge in [0.25, 0.3) is 0 Å². The van der Waals surface area contributed by atoms with Crippen molar-refractivity contribution in [2.24, 2.45) is 10.7 Å². The Bertz CT molecular complexity index is 834. The lowest BCUT2D eigenvalue weighted by atomic mass is 10.2. The number of thiazole rings is 1. The Morgan fingerprint density at radius 1 is 1.32 bits per heavy atom. The van der Waals surface area contributed by atoms with E-state index in [1.54, 1.807) is 11.3 Å². The van der Waals surface area contributed by atoms with E-state index in [1.165, 1.54) is 25.7 Å². The van der Waals surface area contributed by atoms with Gasteiger partial charge in [0, 0.05) is 16.8 Å². The summed E-state index contributed by atoms with van der Waals surface area (Å²) in [7, 11) is 0. The highest BCUT2D eigenvalue weighted by Gasteiger charge is 2.15. The van der Waals surface area contributed by atoms with Crippen molar-refractivity contribution in [1.29, 1.82) is 0 Å². The van der Waals surface area contributed by atoms with Crippen molar-refractivity contribution in [2.75, 3.05) is 0 Å². The molecule has 0 spiro atoms. The number of para-hydroxylation sites is 1. The Labute approximate surface area is 167 Å². The molecular formula is C18H21IN4OS. The first-order valence-corrected chi connectivity index (χ1v) is 9.16. The van der Waals surface area contributed by atoms with E-state index in [1.807, 2.05) is 35.7 Å². The number of guanidine groups is 1. The molecule has 0 aliphatic heterocycles. The Hall–Kier alpha value is -1.61. The Morgan fingerprint density at radius 2 is 2.12 bits per heavy atom. The predicted molar refractivity (Wildman–Crippen MR) is 113 cm³/mol. The highest BCUT2D eigenvalue weighted by atomic mass is 127. The van der Waals surface area contributed by atoms with Gasteiger partial charge in [-0.2, -0.15) is 0 Å². The average Bonchev–Trinajstić information content (AvgIpc) is 3.32. The molecule has 4 rings (SSSR count). The van der Waals surface area contributed by atoms with Gasteiger partial charge >= 0.3 is 0 Å². The van der Waals surface area contributed by atoms with E-state index in [4.69, 9.17) is 10.2 Å². The molecule has 0 atom stereocenters. The molecule has 0 saturated heterocycles. The molecule has 132 valence electrons. The first kappa shape index (κ1) is 18.2. The maximum atomic E-state index is 5.97. The highest BCUT2D eigenvalue weighted by molar-refractivity contribution is 14.0. The molecular weight excluding hydrogens is 447 g/mol. The van der Waals surface area contributed by atoms with E-state index >= 15 is 0 Å². The van der Waals surface area contributed by atoms with Crippen molar-refractivity contribution >= 4 is 52.2 Å². The largest absolute Gasteiger partial charge is 0.454 e. The Kier molecular flexibility index (Phi) is 5.95. The van der Waals surface area contributed by atoms with Crippen LogP contribution in [0.2, 0.25) is 0 Å². The number of nitrogens with zero attached hydrogens (tertiary/aromatic N) is 2. The van der Waals surface area contributed by atoms with E-state index < -0.39 is 0 Å². The number of fused-ring (bicyclic) bond motifs is 1. The summed E-state index contributed by atoms with van der Waals surface area (Å²) in [6, 6.07) is 10.5. The molecule has 2 heterocycles. The normalized spacial score (nSPS) is 15.4. The fraction of sp³-hybridized carbons (Fsp3) is 0.333. The van der Waals surface area contributed by atoms with Crippen LogP contribution >= 0.6 is 35.3 Å². The van der Waals surface area contributed by atoms with Crippen LogP contribution in [0.25, 0.3) is 22.4 Å². The molecule has 0 unspecified atom stereocenters. The number of halogens is 1. The van der Waals surface area contributed by atoms with Crippen molar-refractivity contribution in [3.63, 3.8) is 0 Å². The first-order valence-electron chi connectivity index (χ1n) is 8.28. The van der Waals surface area contributed by atoms with Crippen molar-refractivity contribution in [3.05, 3.63) is 40.7 Å². The number of nitrogens with two attached hydrogens (primary N) is 1. The van der Waals surface area contributed by atoms with Gasteiger partial charge in [0.2, 0.25) is 0 Å². The summed E-state index contributed by atoms with van der Waals surface area (Å²) < 4.78 is 5.85. The monoisotopic (exact) mass is 468 g/mol. The number of aliphatic imine (C=N–C) groups is 1. The summed E-state index contributed by atoms with van der Waals surface area (Å²) in [5.74, 6) is 1.31. The molecule has 1 saturated carbocycles. The molecule has 5 nitrogen and oxygen atoms in total. The number of nitrogens with one attached hydrogen (secondary N) is 1. The smallest absolute Gasteiger partial charge is 0.189 e. The molecule has 1 fully saturated rings. The zero-order valence-corrected chi connectivity index (χ0v) is 16.9. The first-order chi connectivity index (χ1) is 11.8. The minimum absolute atomic E-state index is 0. The SMILES string of the molecule is I.NC(=NCc1nc(-c2cc3ccccc3o2)cs1)NC1CCCC1. The molecule has 25 heavy (non-hydrogen) atoms. The molecule has 0 radical (unpaired) electrons. The van der Waals surface area contributed by atoms with Crippen LogP contribution in [0.4, 0.5) is 0 Å². The number of aromatic nitrogens is 1. The standard InChI is InChI=1S/C18H20N4OS.HI/c19-18(21-13-6-2-3-7-13)20-10-17-22-14(11-24-17)16-9-12-5-1-4-8-15(12)23-16;/h1,4-5,8-9,11,13H,2-3,6-7,10H2,(H3,19,20,21);1H. The van der Waals surface area contributed by atoms with E-state index in [0.717, 1.165) is 27.4 Å². The minimum Gasteiger partial charge on any atom is -0.454 e. The van der Waals surface area contributed by atoms with Crippen LogP contribution in [-0.2, 0) is 6.54 Å². The molecule has 3 N–H and O–H groups in total. The number of hydrogen-bond acceptors (Lipinski definition) is 4. The number of furan rings is 1. The van der Waals surface area contributed by atoms with Gasteiger partial charge in [-0.1, -0.05) is 31.0 Å². The minimum atomic E-state index is 0. The third-order valence-corrected chi connectivity index (χ3v) is 5.16. The van der Waals surface area contributed by atoms with Gasteiger partial charge in [-0.05, 0) is 25.0 Å². The zero-order valence-electron chi connectivity index (χ0n) is 13.8. The van der Waals surface area contributed by atoms with Crippen LogP contribution in [0.3, 0.4) is 0 Å². The van der Waals surface area contributed by atoms with E-state index in [0.29, 0.717) is 18.5 Å². The molecule has 1 aliphatic rings. The summed E-state index contributed by atoms with van der Waals surface area (Å²) in [6.07, 6.45) is 4.92. The van der Waals surface area contributed by atoms with Crippen molar-refractivity contribution in [1.82, 2.24) is 10.3 Å². The second-order valence-electron chi connectivity index (χ2n) is 6.10. The van der Waals surface area contributed by atoms with Crippen LogP contribution in [0.15, 0.2) is 45.1 Å². The van der Waals surface area contributed by atoms with Crippen LogP contribution < -0.4 is 11.1 Å². The van der Waals surface area contributed by atoms with Gasteiger partial charge < -0.3 is 15.5 Å². The fourth-order valence-electron chi connectivity index (χ4n) is 3.08. The topological polar surface area (TPSA) is 76.4 Å². The van der Waals surface area contributed by atoms with Gasteiger partial charge in [-0.25, -0.2) is 9.98 Å². The van der Waals surface area contributed by atoms with Gasteiger partial charge in [-0.3, -0.25) is 0 Å². The lowest BCUT2D eigenvalue weighted by molar-refractivity contribution is 0.625. The molecule has 1 aliphatic carbocycles. The fourth-order valence-corrected chi connectivity index (χ4v) is 3.79. The Morgan fingerprint density at radius 3 is 2.92 bits per heavy atom. The van der Waals surface area contributed by atoms with E-state index in [9.17, 15) is 0 Å². The molecule has 0 amide bonds. The third kappa shape index (κ3) is 4.33. The van der Waals surface area contributed by atoms with Crippen molar-refractivity contribution in [2.45, 2.75) is 38.3 Å². The second kappa shape index (κ2) is 8.18. The molecule has 3 aromatic rings. The third-order valence-electron chi connectivity index (χ3n) is 4.32. The van der Waals surface area contributed by atoms with Gasteiger partial charge in [-0.15, -0.1) is 35.3 Å². The van der Waals surface area contributed by atoms with Gasteiger partial charge in [0.05, 0.1) is 6.54 Å². The molecule has 0 bridgehead atoms. The summed E-state index contributed by atoms with van der Waals surface area (Å²) in [4.78, 5) is 9.02. The van der Waals surface area contributed by atoms with Crippen molar-refractivity contribution in [3.8, 4) is 11.5 Å². The summed E-state index contributed by atoms with van der Waals surface area (Å²) >= 11 is 1.58. The number of hydrogen-bond donors (Lipinski definition) is 2. The van der Waals surface area contributed by atoms with Crippen molar-refractivity contribution < 1.29 is 4.42 Å². The van der Waals surface area contributed by atoms with Gasteiger partial charge in [0.15, 0.2) is 11.7 Å². The lowest BCUT2D eigenvalue weighted by Gasteiger charge is -2.11. The van der Waals surface area contributed by atoms with Crippen LogP contribution in [-0.4, -0.2) is 17.0 Å². The van der Waals surface area contributed by atoms with E-state index in [2.05, 4.69) is 15.3 Å². The Balaban J connectivity index is 0.00000182. The second-order valence-corrected chi connectivity index (χ2v) is 7.04. The highest BCUT2D eigenvalue weighted by Crippen LogP contribution is 2.28. The average molecular weight is 468 g/mol. The predicted octanol–water partition coefficient (Wildman–Crippen LogP) is 4.52. The summed E-state index contributed by atoms with van der Waals surface area (Å²) in [5, 5.41) is 7.31. The molecule has 1 aromatic carbocycles. The maximum Gasteiger partial charge on any atom is 0.189 e. The zero-order chi connectivity index (χ0) is 16.4. The number of rotatable bonds is 4. The van der Waals surface area contributed by atoms with Crippen LogP contribution in [0.1, 0.15) is 30.7 Å². The van der Waals surface area contributed by atoms with Crippen LogP contribution in [0, 0.1) is 0 Å². The summed E-state index contributed by atoms with van der Waals surface area (Å²) in [6.45, 7) is 0.496. The molecule has 7 heteroatoms. The van der Waals surface area contributed by atoms with E-state index in [-0.39, 0.29) is 24.0 Å². The summed E-state index contributed by atoms with van der Waals surface area (Å²) in [5.41, 5.74) is 7.70. The molecule has 2 aromatic heterocycles. The lowest BCUT2D eigenvalue weighted by Crippen LogP contribution is -2.38. The maximum absolute atomic E-state index is 5.97. The quantitative estimate of drug-likeness (QED) is 0.336.